The van der Waals surface area contributed by atoms with Crippen molar-refractivity contribution in [3.63, 3.8) is 0 Å². The molecule has 0 N–H and O–H groups in total. The van der Waals surface area contributed by atoms with Gasteiger partial charge in [-0.2, -0.15) is 0 Å². The second-order valence-corrected chi connectivity index (χ2v) is 4.30. The Morgan fingerprint density at radius 1 is 1.50 bits per heavy atom. The maximum atomic E-state index is 10.6. The lowest BCUT2D eigenvalue weighted by molar-refractivity contribution is -0.169. The number of rotatable bonds is 4. The lowest BCUT2D eigenvalue weighted by atomic mass is 10.2. The predicted octanol–water partition coefficient (Wildman–Crippen LogP) is 2.48. The normalized spacial score (nSPS) is 17.2. The van der Waals surface area contributed by atoms with Gasteiger partial charge in [0.1, 0.15) is 6.29 Å². The molecule has 0 saturated heterocycles. The Balaban J connectivity index is 2.03. The molecule has 1 aliphatic heterocycles. The number of halogens is 1. The molecule has 1 aromatic carbocycles. The molecule has 1 atom stereocenters. The first-order valence-electron chi connectivity index (χ1n) is 4.56. The number of carbonyl (C=O) groups is 1. The Hall–Kier alpha value is -1.33. The first kappa shape index (κ1) is 11.2. The van der Waals surface area contributed by atoms with Gasteiger partial charge in [0, 0.05) is 10.0 Å². The van der Waals surface area contributed by atoms with E-state index in [1.165, 1.54) is 0 Å². The van der Waals surface area contributed by atoms with Crippen LogP contribution in [0.3, 0.4) is 0 Å². The van der Waals surface area contributed by atoms with E-state index in [0.717, 1.165) is 6.29 Å². The van der Waals surface area contributed by atoms with Crippen molar-refractivity contribution in [1.29, 1.82) is 0 Å². The summed E-state index contributed by atoms with van der Waals surface area (Å²) in [5, 5.41) is 0. The quantitative estimate of drug-likeness (QED) is 0.797. The van der Waals surface area contributed by atoms with E-state index in [-0.39, 0.29) is 0 Å². The van der Waals surface area contributed by atoms with Gasteiger partial charge in [0.2, 0.25) is 0 Å². The van der Waals surface area contributed by atoms with E-state index in [1.54, 1.807) is 18.2 Å². The molecule has 0 aromatic heterocycles. The minimum absolute atomic E-state index is 0.291. The van der Waals surface area contributed by atoms with Crippen molar-refractivity contribution < 1.29 is 19.0 Å². The van der Waals surface area contributed by atoms with Crippen molar-refractivity contribution >= 4 is 22.2 Å². The second-order valence-electron chi connectivity index (χ2n) is 3.18. The van der Waals surface area contributed by atoms with Gasteiger partial charge in [-0.25, -0.2) is 0 Å². The number of hydrogen-bond donors (Lipinski definition) is 0. The number of hydrogen-bond acceptors (Lipinski definition) is 4. The van der Waals surface area contributed by atoms with Crippen molar-refractivity contribution in [2.24, 2.45) is 0 Å². The summed E-state index contributed by atoms with van der Waals surface area (Å²) in [7, 11) is 0. The highest BCUT2D eigenvalue weighted by Crippen LogP contribution is 2.35. The largest absolute Gasteiger partial charge is 0.428 e. The third-order valence-corrected chi connectivity index (χ3v) is 2.16. The van der Waals surface area contributed by atoms with Crippen LogP contribution < -0.4 is 9.47 Å². The summed E-state index contributed by atoms with van der Waals surface area (Å²) in [5.41, 5.74) is 0.535. The van der Waals surface area contributed by atoms with Gasteiger partial charge < -0.3 is 14.2 Å². The maximum absolute atomic E-state index is 10.6. The van der Waals surface area contributed by atoms with E-state index in [0.29, 0.717) is 28.2 Å². The van der Waals surface area contributed by atoms with Gasteiger partial charge in [0.05, 0.1) is 6.61 Å². The first-order valence-corrected chi connectivity index (χ1v) is 5.36. The maximum Gasteiger partial charge on any atom is 0.361 e. The van der Waals surface area contributed by atoms with E-state index < -0.39 is 6.48 Å². The molecule has 0 radical (unpaired) electrons. The van der Waals surface area contributed by atoms with Crippen LogP contribution in [0, 0.1) is 0 Å². The van der Waals surface area contributed by atoms with Crippen LogP contribution in [0.1, 0.15) is 10.4 Å². The van der Waals surface area contributed by atoms with Crippen LogP contribution in [-0.2, 0) is 4.74 Å². The minimum Gasteiger partial charge on any atom is -0.428 e. The van der Waals surface area contributed by atoms with Crippen LogP contribution in [0.15, 0.2) is 29.3 Å². The molecule has 4 nitrogen and oxygen atoms in total. The number of ether oxygens (including phenoxy) is 3. The Morgan fingerprint density at radius 3 is 2.94 bits per heavy atom. The van der Waals surface area contributed by atoms with Crippen LogP contribution in [0.5, 0.6) is 11.5 Å². The fourth-order valence-corrected chi connectivity index (χ4v) is 1.38. The summed E-state index contributed by atoms with van der Waals surface area (Å²) in [5.74, 6) is 1.07. The van der Waals surface area contributed by atoms with Gasteiger partial charge in [-0.05, 0) is 18.2 Å². The predicted molar refractivity (Wildman–Crippen MR) is 60.9 cm³/mol. The molecule has 5 heteroatoms. The molecule has 16 heavy (non-hydrogen) atoms. The highest BCUT2D eigenvalue weighted by molar-refractivity contribution is 9.11. The summed E-state index contributed by atoms with van der Waals surface area (Å²) in [6.07, 6.45) is 0.748. The van der Waals surface area contributed by atoms with Crippen LogP contribution in [0.4, 0.5) is 0 Å². The van der Waals surface area contributed by atoms with Crippen molar-refractivity contribution in [3.8, 4) is 11.5 Å². The van der Waals surface area contributed by atoms with Crippen molar-refractivity contribution in [2.45, 2.75) is 6.48 Å². The summed E-state index contributed by atoms with van der Waals surface area (Å²) in [4.78, 5) is 10.6. The van der Waals surface area contributed by atoms with Gasteiger partial charge in [-0.15, -0.1) is 0 Å². The highest BCUT2D eigenvalue weighted by Gasteiger charge is 2.24. The molecule has 1 aromatic rings. The highest BCUT2D eigenvalue weighted by atomic mass is 79.9. The third-order valence-electron chi connectivity index (χ3n) is 1.93. The average Bonchev–Trinajstić information content (AvgIpc) is 2.67. The zero-order chi connectivity index (χ0) is 11.5. The molecule has 2 rings (SSSR count). The monoisotopic (exact) mass is 284 g/mol. The van der Waals surface area contributed by atoms with E-state index in [9.17, 15) is 4.79 Å². The van der Waals surface area contributed by atoms with Crippen molar-refractivity contribution in [2.75, 3.05) is 6.61 Å². The molecular formula is C11H9BrO4. The van der Waals surface area contributed by atoms with Crippen LogP contribution in [0.25, 0.3) is 0 Å². The number of fused-ring (bicyclic) bond motifs is 1. The van der Waals surface area contributed by atoms with Crippen LogP contribution in [0.2, 0.25) is 0 Å². The Morgan fingerprint density at radius 2 is 2.25 bits per heavy atom. The van der Waals surface area contributed by atoms with E-state index >= 15 is 0 Å². The van der Waals surface area contributed by atoms with Gasteiger partial charge in [0.25, 0.3) is 0 Å². The SMILES string of the molecule is C=C(Br)COC1Oc2ccc(C=O)cc2O1. The van der Waals surface area contributed by atoms with E-state index in [1.807, 2.05) is 0 Å². The molecule has 1 unspecified atom stereocenters. The van der Waals surface area contributed by atoms with Gasteiger partial charge >= 0.3 is 6.48 Å². The number of aldehydes is 1. The summed E-state index contributed by atoms with van der Waals surface area (Å²) < 4.78 is 16.6. The summed E-state index contributed by atoms with van der Waals surface area (Å²) in [6, 6.07) is 4.93. The zero-order valence-electron chi connectivity index (χ0n) is 8.31. The summed E-state index contributed by atoms with van der Waals surface area (Å²) >= 11 is 3.16. The lowest BCUT2D eigenvalue weighted by Crippen LogP contribution is -2.22. The fraction of sp³-hybridized carbons (Fsp3) is 0.182. The fourth-order valence-electron chi connectivity index (χ4n) is 1.25. The minimum atomic E-state index is -0.786. The molecule has 1 heterocycles. The molecule has 0 saturated carbocycles. The molecule has 84 valence electrons. The number of carbonyl (C=O) groups excluding carboxylic acids is 1. The first-order chi connectivity index (χ1) is 7.69. The topological polar surface area (TPSA) is 44.8 Å². The smallest absolute Gasteiger partial charge is 0.361 e. The molecule has 0 bridgehead atoms. The Bertz CT molecular complexity index is 430. The van der Waals surface area contributed by atoms with E-state index in [2.05, 4.69) is 22.5 Å². The second kappa shape index (κ2) is 4.67. The third kappa shape index (κ3) is 2.43. The molecule has 0 fully saturated rings. The number of benzene rings is 1. The zero-order valence-corrected chi connectivity index (χ0v) is 9.90. The van der Waals surface area contributed by atoms with Gasteiger partial charge in [-0.1, -0.05) is 22.5 Å². The molecule has 1 aliphatic rings. The Kier molecular flexibility index (Phi) is 3.26. The van der Waals surface area contributed by atoms with Crippen molar-refractivity contribution in [3.05, 3.63) is 34.8 Å². The molecule has 0 aliphatic carbocycles. The molecule has 0 amide bonds. The Labute approximate surface area is 101 Å². The van der Waals surface area contributed by atoms with E-state index in [4.69, 9.17) is 14.2 Å². The molecular weight excluding hydrogens is 276 g/mol. The van der Waals surface area contributed by atoms with Crippen molar-refractivity contribution in [1.82, 2.24) is 0 Å². The summed E-state index contributed by atoms with van der Waals surface area (Å²) in [6.45, 7) is 3.13. The standard InChI is InChI=1S/C11H9BrO4/c1-7(12)6-14-11-15-9-3-2-8(5-13)4-10(9)16-11/h2-5,11H,1,6H2. The van der Waals surface area contributed by atoms with Crippen LogP contribution in [-0.4, -0.2) is 19.4 Å². The van der Waals surface area contributed by atoms with Gasteiger partial charge in [0.15, 0.2) is 11.5 Å². The van der Waals surface area contributed by atoms with Crippen LogP contribution >= 0.6 is 15.9 Å². The van der Waals surface area contributed by atoms with Gasteiger partial charge in [-0.3, -0.25) is 4.79 Å². The lowest BCUT2D eigenvalue weighted by Gasteiger charge is -2.09. The molecule has 0 spiro atoms. The average molecular weight is 285 g/mol.